The number of nitrogens with one attached hydrogen (secondary N) is 1. The number of carbonyl (C=O) groups is 2. The van der Waals surface area contributed by atoms with E-state index >= 15 is 0 Å². The highest BCUT2D eigenvalue weighted by Gasteiger charge is 2.46. The minimum Gasteiger partial charge on any atom is -0.489 e. The molecule has 7 rings (SSSR count). The number of anilines is 1. The van der Waals surface area contributed by atoms with Gasteiger partial charge in [-0.3, -0.25) is 14.3 Å². The van der Waals surface area contributed by atoms with Crippen molar-refractivity contribution in [2.45, 2.75) is 63.7 Å². The quantitative estimate of drug-likeness (QED) is 0.393. The van der Waals surface area contributed by atoms with Crippen molar-refractivity contribution in [1.82, 2.24) is 29.3 Å². The molecule has 2 amide bonds. The van der Waals surface area contributed by atoms with Crippen LogP contribution in [0.15, 0.2) is 42.9 Å². The highest BCUT2D eigenvalue weighted by atomic mass is 16.5. The van der Waals surface area contributed by atoms with Gasteiger partial charge >= 0.3 is 0 Å². The monoisotopic (exact) mass is 543 g/mol. The van der Waals surface area contributed by atoms with Gasteiger partial charge in [0.2, 0.25) is 5.91 Å². The largest absolute Gasteiger partial charge is 0.489 e. The summed E-state index contributed by atoms with van der Waals surface area (Å²) in [6, 6.07) is 7.68. The smallest absolute Gasteiger partial charge is 0.260 e. The summed E-state index contributed by atoms with van der Waals surface area (Å²) in [5.74, 6) is 0.875. The summed E-state index contributed by atoms with van der Waals surface area (Å²) >= 11 is 0. The summed E-state index contributed by atoms with van der Waals surface area (Å²) in [7, 11) is 1.71. The van der Waals surface area contributed by atoms with Gasteiger partial charge in [-0.2, -0.15) is 14.7 Å². The number of ether oxygens (including phenoxy) is 2. The normalized spacial score (nSPS) is 22.3. The summed E-state index contributed by atoms with van der Waals surface area (Å²) < 4.78 is 15.4. The maximum atomic E-state index is 13.6. The van der Waals surface area contributed by atoms with Crippen LogP contribution in [0.4, 0.5) is 5.82 Å². The van der Waals surface area contributed by atoms with E-state index < -0.39 is 0 Å². The molecule has 3 fully saturated rings. The Morgan fingerprint density at radius 3 is 2.67 bits per heavy atom. The van der Waals surface area contributed by atoms with Crippen molar-refractivity contribution in [3.63, 3.8) is 0 Å². The molecule has 0 unspecified atom stereocenters. The van der Waals surface area contributed by atoms with E-state index in [1.54, 1.807) is 37.0 Å². The van der Waals surface area contributed by atoms with Crippen molar-refractivity contribution in [2.24, 2.45) is 5.41 Å². The molecule has 40 heavy (non-hydrogen) atoms. The fourth-order valence-corrected chi connectivity index (χ4v) is 6.40. The molecule has 1 saturated heterocycles. The van der Waals surface area contributed by atoms with Crippen molar-refractivity contribution in [1.29, 1.82) is 0 Å². The molecule has 0 atom stereocenters. The van der Waals surface area contributed by atoms with Crippen LogP contribution in [0.2, 0.25) is 0 Å². The predicted octanol–water partition coefficient (Wildman–Crippen LogP) is 3.85. The van der Waals surface area contributed by atoms with Crippen LogP contribution in [0, 0.1) is 5.41 Å². The molecule has 11 nitrogen and oxygen atoms in total. The number of fused-ring (bicyclic) bond motifs is 2. The van der Waals surface area contributed by atoms with Gasteiger partial charge in [-0.1, -0.05) is 0 Å². The number of likely N-dealkylation sites (tertiary alicyclic amines) is 1. The van der Waals surface area contributed by atoms with Crippen LogP contribution in [0.25, 0.3) is 16.6 Å². The first kappa shape index (κ1) is 25.0. The van der Waals surface area contributed by atoms with E-state index in [4.69, 9.17) is 14.6 Å². The summed E-state index contributed by atoms with van der Waals surface area (Å²) in [6.07, 6.45) is 11.3. The van der Waals surface area contributed by atoms with E-state index in [0.29, 0.717) is 28.8 Å². The first-order valence-electron chi connectivity index (χ1n) is 14.0. The first-order chi connectivity index (χ1) is 19.4. The molecule has 0 bridgehead atoms. The third kappa shape index (κ3) is 4.38. The number of imidazole rings is 1. The number of hydrogen-bond donors (Lipinski definition) is 1. The molecule has 0 radical (unpaired) electrons. The molecular weight excluding hydrogens is 510 g/mol. The van der Waals surface area contributed by atoms with Crippen LogP contribution in [0.3, 0.4) is 0 Å². The molecule has 208 valence electrons. The SMILES string of the molecule is COC1CC(Oc2cc3nn(C4CCC5(CC4)CN(C(C)=O)C5)cc3cc2C(=O)Nc2cnc3cccnn23)C1. The van der Waals surface area contributed by atoms with Crippen LogP contribution < -0.4 is 10.1 Å². The molecule has 1 aliphatic heterocycles. The van der Waals surface area contributed by atoms with E-state index in [9.17, 15) is 9.59 Å². The number of benzene rings is 1. The van der Waals surface area contributed by atoms with E-state index in [0.717, 1.165) is 62.5 Å². The maximum Gasteiger partial charge on any atom is 0.260 e. The second-order valence-corrected chi connectivity index (χ2v) is 11.6. The van der Waals surface area contributed by atoms with Crippen molar-refractivity contribution >= 4 is 34.2 Å². The van der Waals surface area contributed by atoms with Gasteiger partial charge < -0.3 is 19.7 Å². The van der Waals surface area contributed by atoms with E-state index in [-0.39, 0.29) is 29.4 Å². The van der Waals surface area contributed by atoms with Crippen molar-refractivity contribution in [3.8, 4) is 5.75 Å². The van der Waals surface area contributed by atoms with E-state index in [1.165, 1.54) is 0 Å². The molecule has 11 heteroatoms. The van der Waals surface area contributed by atoms with Gasteiger partial charge in [-0.25, -0.2) is 4.98 Å². The molecular formula is C29H33N7O4. The number of methoxy groups -OCH3 is 1. The topological polar surface area (TPSA) is 116 Å². The van der Waals surface area contributed by atoms with Crippen molar-refractivity contribution in [3.05, 3.63) is 48.4 Å². The molecule has 1 aromatic carbocycles. The number of hydrogen-bond acceptors (Lipinski definition) is 7. The molecule has 2 aliphatic carbocycles. The Labute approximate surface area is 231 Å². The lowest BCUT2D eigenvalue weighted by Crippen LogP contribution is -2.59. The van der Waals surface area contributed by atoms with Crippen molar-refractivity contribution in [2.75, 3.05) is 25.5 Å². The van der Waals surface area contributed by atoms with Gasteiger partial charge in [-0.05, 0) is 43.9 Å². The lowest BCUT2D eigenvalue weighted by Gasteiger charge is -2.53. The highest BCUT2D eigenvalue weighted by Crippen LogP contribution is 2.47. The number of nitrogens with zero attached hydrogens (tertiary/aromatic N) is 6. The van der Waals surface area contributed by atoms with Gasteiger partial charge in [0.25, 0.3) is 5.91 Å². The molecule has 1 N–H and O–H groups in total. The minimum absolute atomic E-state index is 0.0138. The summed E-state index contributed by atoms with van der Waals surface area (Å²) in [5, 5.41) is 13.1. The zero-order valence-electron chi connectivity index (χ0n) is 22.7. The second-order valence-electron chi connectivity index (χ2n) is 11.6. The Morgan fingerprint density at radius 2 is 1.93 bits per heavy atom. The highest BCUT2D eigenvalue weighted by molar-refractivity contribution is 6.08. The molecule has 4 heterocycles. The molecule has 4 aromatic rings. The fourth-order valence-electron chi connectivity index (χ4n) is 6.40. The standard InChI is InChI=1S/C29H33N7O4/c1-18(37)34-16-29(17-34)7-5-20(6-8-29)35-15-19-10-23(25(13-24(19)33-35)40-22-11-21(12-22)39-2)28(38)32-27-14-30-26-4-3-9-31-36(26)27/h3-4,9-10,13-15,20-22H,5-8,11-12,16-17H2,1-2H3,(H,32,38). The van der Waals surface area contributed by atoms with E-state index in [2.05, 4.69) is 20.1 Å². The second kappa shape index (κ2) is 9.58. The number of carbonyl (C=O) groups excluding carboxylic acids is 2. The summed E-state index contributed by atoms with van der Waals surface area (Å²) in [4.78, 5) is 31.5. The Kier molecular flexibility index (Phi) is 5.99. The van der Waals surface area contributed by atoms with E-state index in [1.807, 2.05) is 29.3 Å². The van der Waals surface area contributed by atoms with Gasteiger partial charge in [0.1, 0.15) is 11.9 Å². The third-order valence-corrected chi connectivity index (χ3v) is 8.95. The van der Waals surface area contributed by atoms with Crippen molar-refractivity contribution < 1.29 is 19.1 Å². The number of aromatic nitrogens is 5. The predicted molar refractivity (Wildman–Crippen MR) is 147 cm³/mol. The van der Waals surface area contributed by atoms with Gasteiger partial charge in [-0.15, -0.1) is 0 Å². The van der Waals surface area contributed by atoms with Crippen LogP contribution in [0.1, 0.15) is 61.8 Å². The molecule has 3 aliphatic rings. The lowest BCUT2D eigenvalue weighted by atomic mass is 9.67. The maximum absolute atomic E-state index is 13.6. The number of rotatable bonds is 6. The molecule has 1 spiro atoms. The minimum atomic E-state index is -0.292. The summed E-state index contributed by atoms with van der Waals surface area (Å²) in [6.45, 7) is 3.40. The van der Waals surface area contributed by atoms with Gasteiger partial charge in [0.05, 0.1) is 29.4 Å². The summed E-state index contributed by atoms with van der Waals surface area (Å²) in [5.41, 5.74) is 2.17. The first-order valence-corrected chi connectivity index (χ1v) is 14.0. The average Bonchev–Trinajstić information content (AvgIpc) is 3.52. The van der Waals surface area contributed by atoms with Gasteiger partial charge in [0.15, 0.2) is 11.5 Å². The molecule has 2 saturated carbocycles. The Hall–Kier alpha value is -3.99. The zero-order chi connectivity index (χ0) is 27.4. The van der Waals surface area contributed by atoms with Crippen LogP contribution in [0.5, 0.6) is 5.75 Å². The Balaban J connectivity index is 1.14. The zero-order valence-corrected chi connectivity index (χ0v) is 22.7. The lowest BCUT2D eigenvalue weighted by molar-refractivity contribution is -0.143. The van der Waals surface area contributed by atoms with Gasteiger partial charge in [0, 0.05) is 69.2 Å². The Bertz CT molecular complexity index is 1590. The molecule has 3 aromatic heterocycles. The average molecular weight is 544 g/mol. The Morgan fingerprint density at radius 1 is 1.12 bits per heavy atom. The van der Waals surface area contributed by atoms with Crippen LogP contribution in [-0.2, 0) is 9.53 Å². The van der Waals surface area contributed by atoms with Crippen LogP contribution >= 0.6 is 0 Å². The third-order valence-electron chi connectivity index (χ3n) is 8.95. The fraction of sp³-hybridized carbons (Fsp3) is 0.483. The van der Waals surface area contributed by atoms with Crippen LogP contribution in [-0.4, -0.2) is 73.5 Å². The number of amides is 2.